The Hall–Kier alpha value is -3.45. The summed E-state index contributed by atoms with van der Waals surface area (Å²) in [5.74, 6) is 5.44. The number of aromatic hydroxyl groups is 1. The predicted octanol–water partition coefficient (Wildman–Crippen LogP) is 1.97. The van der Waals surface area contributed by atoms with Gasteiger partial charge in [-0.1, -0.05) is 36.4 Å². The number of anilines is 1. The number of carbonyl (C=O) groups excluding carboxylic acids is 1. The summed E-state index contributed by atoms with van der Waals surface area (Å²) in [4.78, 5) is 22.8. The van der Waals surface area contributed by atoms with Crippen molar-refractivity contribution in [3.05, 3.63) is 71.5 Å². The standard InChI is InChI=1S/C19H17N5O2/c20-23-19(26)18-21-16(12-6-3-7-15(25)8-12)9-17(22-18)24-10-13-4-1-2-5-14(13)11-24/h1-9,25H,10-11,20H2,(H,23,26). The van der Waals surface area contributed by atoms with Gasteiger partial charge in [0.15, 0.2) is 0 Å². The summed E-state index contributed by atoms with van der Waals surface area (Å²) in [6.45, 7) is 1.41. The molecule has 2 heterocycles. The summed E-state index contributed by atoms with van der Waals surface area (Å²) in [6, 6.07) is 16.7. The number of aromatic nitrogens is 2. The van der Waals surface area contributed by atoms with E-state index in [0.29, 0.717) is 30.2 Å². The number of nitrogens with two attached hydrogens (primary N) is 1. The highest BCUT2D eigenvalue weighted by molar-refractivity contribution is 5.91. The molecule has 130 valence electrons. The Balaban J connectivity index is 1.77. The number of phenolic OH excluding ortho intramolecular Hbond substituents is 1. The van der Waals surface area contributed by atoms with Gasteiger partial charge >= 0.3 is 5.91 Å². The van der Waals surface area contributed by atoms with Crippen molar-refractivity contribution in [3.8, 4) is 17.0 Å². The molecule has 26 heavy (non-hydrogen) atoms. The van der Waals surface area contributed by atoms with Gasteiger partial charge in [0, 0.05) is 24.7 Å². The maximum absolute atomic E-state index is 12.0. The molecule has 7 heteroatoms. The van der Waals surface area contributed by atoms with E-state index < -0.39 is 5.91 Å². The van der Waals surface area contributed by atoms with E-state index in [1.54, 1.807) is 18.2 Å². The van der Waals surface area contributed by atoms with Crippen molar-refractivity contribution in [2.45, 2.75) is 13.1 Å². The number of benzene rings is 2. The van der Waals surface area contributed by atoms with Crippen molar-refractivity contribution in [3.63, 3.8) is 0 Å². The number of nitrogens with zero attached hydrogens (tertiary/aromatic N) is 3. The number of fused-ring (bicyclic) bond motifs is 1. The van der Waals surface area contributed by atoms with Crippen LogP contribution in [0.15, 0.2) is 54.6 Å². The van der Waals surface area contributed by atoms with Crippen molar-refractivity contribution >= 4 is 11.7 Å². The maximum Gasteiger partial charge on any atom is 0.303 e. The summed E-state index contributed by atoms with van der Waals surface area (Å²) >= 11 is 0. The number of amides is 1. The highest BCUT2D eigenvalue weighted by atomic mass is 16.3. The molecule has 7 nitrogen and oxygen atoms in total. The Morgan fingerprint density at radius 3 is 2.42 bits per heavy atom. The quantitative estimate of drug-likeness (QED) is 0.380. The van der Waals surface area contributed by atoms with Crippen LogP contribution in [-0.4, -0.2) is 21.0 Å². The lowest BCUT2D eigenvalue weighted by Gasteiger charge is -2.18. The van der Waals surface area contributed by atoms with Gasteiger partial charge in [-0.3, -0.25) is 10.2 Å². The molecule has 1 aliphatic rings. The lowest BCUT2D eigenvalue weighted by Crippen LogP contribution is -2.32. The molecule has 0 spiro atoms. The van der Waals surface area contributed by atoms with Crippen LogP contribution in [0.25, 0.3) is 11.3 Å². The zero-order chi connectivity index (χ0) is 18.1. The molecule has 0 atom stereocenters. The lowest BCUT2D eigenvalue weighted by molar-refractivity contribution is 0.0943. The summed E-state index contributed by atoms with van der Waals surface area (Å²) in [6.07, 6.45) is 0. The van der Waals surface area contributed by atoms with Crippen LogP contribution >= 0.6 is 0 Å². The van der Waals surface area contributed by atoms with E-state index >= 15 is 0 Å². The molecule has 0 saturated heterocycles. The summed E-state index contributed by atoms with van der Waals surface area (Å²) in [7, 11) is 0. The minimum atomic E-state index is -0.565. The molecule has 4 N–H and O–H groups in total. The first kappa shape index (κ1) is 16.0. The van der Waals surface area contributed by atoms with Gasteiger partial charge in [0.2, 0.25) is 5.82 Å². The second kappa shape index (κ2) is 6.45. The van der Waals surface area contributed by atoms with Gasteiger partial charge < -0.3 is 10.0 Å². The fourth-order valence-electron chi connectivity index (χ4n) is 3.07. The average Bonchev–Trinajstić information content (AvgIpc) is 3.11. The van der Waals surface area contributed by atoms with Crippen LogP contribution in [0.5, 0.6) is 5.75 Å². The molecule has 2 aromatic carbocycles. The van der Waals surface area contributed by atoms with Crippen LogP contribution in [0, 0.1) is 0 Å². The molecule has 0 bridgehead atoms. The monoisotopic (exact) mass is 347 g/mol. The third-order valence-corrected chi connectivity index (χ3v) is 4.35. The highest BCUT2D eigenvalue weighted by Gasteiger charge is 2.22. The molecule has 0 fully saturated rings. The van der Waals surface area contributed by atoms with Crippen molar-refractivity contribution < 1.29 is 9.90 Å². The SMILES string of the molecule is NNC(=O)c1nc(-c2cccc(O)c2)cc(N2Cc3ccccc3C2)n1. The van der Waals surface area contributed by atoms with Gasteiger partial charge in [-0.25, -0.2) is 15.8 Å². The molecule has 0 unspecified atom stereocenters. The van der Waals surface area contributed by atoms with Crippen LogP contribution in [0.1, 0.15) is 21.7 Å². The summed E-state index contributed by atoms with van der Waals surface area (Å²) < 4.78 is 0. The van der Waals surface area contributed by atoms with Gasteiger partial charge in [0.25, 0.3) is 0 Å². The fourth-order valence-corrected chi connectivity index (χ4v) is 3.07. The van der Waals surface area contributed by atoms with Crippen molar-refractivity contribution in [2.75, 3.05) is 4.90 Å². The number of hydrazine groups is 1. The van der Waals surface area contributed by atoms with E-state index in [9.17, 15) is 9.90 Å². The van der Waals surface area contributed by atoms with Crippen molar-refractivity contribution in [1.29, 1.82) is 0 Å². The largest absolute Gasteiger partial charge is 0.508 e. The number of hydrogen-bond donors (Lipinski definition) is 3. The highest BCUT2D eigenvalue weighted by Crippen LogP contribution is 2.30. The molecule has 1 aromatic heterocycles. The van der Waals surface area contributed by atoms with Gasteiger partial charge in [-0.05, 0) is 23.3 Å². The predicted molar refractivity (Wildman–Crippen MR) is 97.1 cm³/mol. The topological polar surface area (TPSA) is 104 Å². The first-order valence-electron chi connectivity index (χ1n) is 8.15. The number of rotatable bonds is 3. The zero-order valence-electron chi connectivity index (χ0n) is 13.9. The molecule has 1 aliphatic heterocycles. The minimum Gasteiger partial charge on any atom is -0.508 e. The van der Waals surface area contributed by atoms with Crippen LogP contribution < -0.4 is 16.2 Å². The van der Waals surface area contributed by atoms with E-state index in [4.69, 9.17) is 5.84 Å². The van der Waals surface area contributed by atoms with Gasteiger partial charge in [0.05, 0.1) is 5.69 Å². The second-order valence-corrected chi connectivity index (χ2v) is 6.08. The molecule has 0 saturated carbocycles. The summed E-state index contributed by atoms with van der Waals surface area (Å²) in [5, 5.41) is 9.75. The zero-order valence-corrected chi connectivity index (χ0v) is 13.9. The Morgan fingerprint density at radius 1 is 1.04 bits per heavy atom. The third kappa shape index (κ3) is 2.96. The van der Waals surface area contributed by atoms with E-state index in [1.807, 2.05) is 24.3 Å². The van der Waals surface area contributed by atoms with Crippen LogP contribution in [0.2, 0.25) is 0 Å². The molecular formula is C19H17N5O2. The fraction of sp³-hybridized carbons (Fsp3) is 0.105. The first-order chi connectivity index (χ1) is 12.6. The summed E-state index contributed by atoms with van der Waals surface area (Å²) in [5.41, 5.74) is 5.77. The molecular weight excluding hydrogens is 330 g/mol. The Kier molecular flexibility index (Phi) is 3.98. The normalized spacial score (nSPS) is 12.7. The van der Waals surface area contributed by atoms with Gasteiger partial charge in [-0.15, -0.1) is 0 Å². The van der Waals surface area contributed by atoms with Crippen LogP contribution in [0.3, 0.4) is 0 Å². The number of nitrogen functional groups attached to an aromatic ring is 1. The Morgan fingerprint density at radius 2 is 1.77 bits per heavy atom. The lowest BCUT2D eigenvalue weighted by atomic mass is 10.1. The number of carbonyl (C=O) groups is 1. The molecule has 0 aliphatic carbocycles. The Labute approximate surface area is 150 Å². The number of hydrogen-bond acceptors (Lipinski definition) is 6. The molecule has 4 rings (SSSR count). The average molecular weight is 347 g/mol. The van der Waals surface area contributed by atoms with Crippen LogP contribution in [-0.2, 0) is 13.1 Å². The number of nitrogens with one attached hydrogen (secondary N) is 1. The van der Waals surface area contributed by atoms with Crippen LogP contribution in [0.4, 0.5) is 5.82 Å². The molecule has 3 aromatic rings. The van der Waals surface area contributed by atoms with E-state index in [1.165, 1.54) is 11.1 Å². The van der Waals surface area contributed by atoms with Gasteiger partial charge in [-0.2, -0.15) is 0 Å². The van der Waals surface area contributed by atoms with Crippen molar-refractivity contribution in [1.82, 2.24) is 15.4 Å². The molecule has 0 radical (unpaired) electrons. The maximum atomic E-state index is 12.0. The first-order valence-corrected chi connectivity index (χ1v) is 8.15. The van der Waals surface area contributed by atoms with E-state index in [-0.39, 0.29) is 11.6 Å². The van der Waals surface area contributed by atoms with Crippen molar-refractivity contribution in [2.24, 2.45) is 5.84 Å². The minimum absolute atomic E-state index is 0.0145. The third-order valence-electron chi connectivity index (χ3n) is 4.35. The molecule has 1 amide bonds. The second-order valence-electron chi connectivity index (χ2n) is 6.08. The Bertz CT molecular complexity index is 964. The van der Waals surface area contributed by atoms with Gasteiger partial charge in [0.1, 0.15) is 11.6 Å². The van der Waals surface area contributed by atoms with E-state index in [2.05, 4.69) is 32.4 Å². The van der Waals surface area contributed by atoms with E-state index in [0.717, 1.165) is 0 Å². The number of phenols is 1. The smallest absolute Gasteiger partial charge is 0.303 e.